The molecule has 3 fully saturated rings. The van der Waals surface area contributed by atoms with Crippen molar-refractivity contribution in [2.75, 3.05) is 119 Å². The largest absolute Gasteiger partial charge is 0.472 e. The first-order chi connectivity index (χ1) is 57.3. The van der Waals surface area contributed by atoms with Crippen LogP contribution in [0.15, 0.2) is 0 Å². The Bertz CT molecular complexity index is 2980. The van der Waals surface area contributed by atoms with Crippen molar-refractivity contribution in [1.82, 2.24) is 30.7 Å². The molecule has 3 saturated heterocycles. The van der Waals surface area contributed by atoms with Gasteiger partial charge in [0.2, 0.25) is 35.4 Å². The van der Waals surface area contributed by atoms with Gasteiger partial charge in [0.25, 0.3) is 0 Å². The summed E-state index contributed by atoms with van der Waals surface area (Å²) in [5, 5.41) is 98.3. The molecule has 120 heavy (non-hydrogen) atoms. The van der Waals surface area contributed by atoms with Crippen LogP contribution >= 0.6 is 15.6 Å². The predicted octanol–water partition coefficient (Wildman–Crippen LogP) is 3.11. The highest BCUT2D eigenvalue weighted by Crippen LogP contribution is 2.44. The number of methoxy groups -OCH3 is 1. The summed E-state index contributed by atoms with van der Waals surface area (Å²) in [6.07, 6.45) is 0.315. The maximum absolute atomic E-state index is 13.8. The molecule has 0 aromatic heterocycles. The number of phosphoric ester groups is 2. The van der Waals surface area contributed by atoms with Crippen molar-refractivity contribution in [3.63, 3.8) is 0 Å². The number of nitrogens with zero attached hydrogens (tertiary/aromatic N) is 3. The fraction of sp³-hybridized carbons (Fsp3) is 0.886. The van der Waals surface area contributed by atoms with Crippen molar-refractivity contribution >= 4 is 68.4 Å². The van der Waals surface area contributed by atoms with E-state index in [1.165, 1.54) is 42.6 Å². The molecule has 6 amide bonds. The zero-order valence-electron chi connectivity index (χ0n) is 71.7. The van der Waals surface area contributed by atoms with Crippen LogP contribution in [-0.4, -0.2) is 334 Å². The molecule has 0 aliphatic carbocycles. The van der Waals surface area contributed by atoms with E-state index in [0.29, 0.717) is 186 Å². The topological polar surface area (TPSA) is 558 Å². The van der Waals surface area contributed by atoms with E-state index >= 15 is 0 Å². The molecule has 0 radical (unpaired) electrons. The molecule has 700 valence electrons. The number of carbonyl (C=O) groups excluding carboxylic acids is 9. The summed E-state index contributed by atoms with van der Waals surface area (Å²) in [5.74, 6) is -2.07. The Morgan fingerprint density at radius 2 is 0.558 bits per heavy atom. The predicted molar refractivity (Wildman–Crippen MR) is 434 cm³/mol. The number of nitrogens with one attached hydrogen (secondary N) is 3. The first kappa shape index (κ1) is 111. The SMILES string of the molecule is CC.CCCN(CCOP(=O)(O)OCCN(CCOP(=O)(O)OCCN(CCOC)C(=O)CCCCCCC(=O)CCCCCOC1OC(CO)C(O)C(O)C1NC(C)=O)C(=O)CCCCCCC(=O)CCCCCOC1OC(CO)C(O)C(O)C1NC(C)=O)C(=O)CCCCCCC(=O)CCCCCOC1OC(CO)C(O)C(O)C1NC(C)=O. The van der Waals surface area contributed by atoms with Gasteiger partial charge in [0.1, 0.15) is 90.4 Å². The molecular weight excluding hydrogens is 1620 g/mol. The van der Waals surface area contributed by atoms with Crippen molar-refractivity contribution < 1.29 is 159 Å². The van der Waals surface area contributed by atoms with Crippen LogP contribution in [0.4, 0.5) is 0 Å². The van der Waals surface area contributed by atoms with Crippen molar-refractivity contribution in [2.24, 2.45) is 0 Å². The molecule has 0 bridgehead atoms. The lowest BCUT2D eigenvalue weighted by Gasteiger charge is -2.42. The van der Waals surface area contributed by atoms with Crippen LogP contribution in [0, 0.1) is 0 Å². The fourth-order valence-corrected chi connectivity index (χ4v) is 15.0. The second-order valence-electron chi connectivity index (χ2n) is 30.1. The summed E-state index contributed by atoms with van der Waals surface area (Å²) < 4.78 is 86.6. The number of carbonyl (C=O) groups is 9. The van der Waals surface area contributed by atoms with Crippen LogP contribution in [0.2, 0.25) is 0 Å². The van der Waals surface area contributed by atoms with E-state index in [9.17, 15) is 108 Å². The number of rotatable bonds is 69. The number of unbranched alkanes of at least 4 members (excludes halogenated alkanes) is 15. The van der Waals surface area contributed by atoms with Gasteiger partial charge in [-0.05, 0) is 83.5 Å². The van der Waals surface area contributed by atoms with E-state index < -0.39 is 171 Å². The van der Waals surface area contributed by atoms with Crippen molar-refractivity contribution in [3.05, 3.63) is 0 Å². The van der Waals surface area contributed by atoms with E-state index in [-0.39, 0.29) is 114 Å². The lowest BCUT2D eigenvalue weighted by molar-refractivity contribution is -0.270. The van der Waals surface area contributed by atoms with E-state index in [2.05, 4.69) is 16.0 Å². The van der Waals surface area contributed by atoms with Crippen molar-refractivity contribution in [2.45, 2.75) is 333 Å². The highest BCUT2D eigenvalue weighted by atomic mass is 31.2. The zero-order chi connectivity index (χ0) is 89.4. The van der Waals surface area contributed by atoms with Crippen LogP contribution in [0.3, 0.4) is 0 Å². The van der Waals surface area contributed by atoms with Crippen LogP contribution in [0.25, 0.3) is 0 Å². The number of ether oxygens (including phenoxy) is 7. The van der Waals surface area contributed by atoms with Gasteiger partial charge in [0, 0.05) is 145 Å². The first-order valence-electron chi connectivity index (χ1n) is 43.0. The second-order valence-corrected chi connectivity index (χ2v) is 33.0. The third-order valence-corrected chi connectivity index (χ3v) is 22.3. The quantitative estimate of drug-likeness (QED) is 0.0307. The van der Waals surface area contributed by atoms with Gasteiger partial charge in [0.15, 0.2) is 18.9 Å². The van der Waals surface area contributed by atoms with Crippen molar-refractivity contribution in [1.29, 1.82) is 0 Å². The molecule has 39 nitrogen and oxygen atoms in total. The van der Waals surface area contributed by atoms with Crippen LogP contribution < -0.4 is 16.0 Å². The van der Waals surface area contributed by atoms with E-state index in [1.54, 1.807) is 0 Å². The number of Topliss-reactive ketones (excluding diaryl/α,β-unsaturated/α-hetero) is 3. The molecule has 3 aliphatic rings. The lowest BCUT2D eigenvalue weighted by Crippen LogP contribution is -2.64. The summed E-state index contributed by atoms with van der Waals surface area (Å²) in [7, 11) is -8.12. The summed E-state index contributed by atoms with van der Waals surface area (Å²) in [6.45, 7) is 6.53. The Kier molecular flexibility index (Phi) is 60.4. The van der Waals surface area contributed by atoms with Gasteiger partial charge in [-0.15, -0.1) is 0 Å². The van der Waals surface area contributed by atoms with Crippen LogP contribution in [0.1, 0.15) is 241 Å². The Hall–Kier alpha value is -4.59. The molecule has 3 aliphatic heterocycles. The van der Waals surface area contributed by atoms with Gasteiger partial charge in [0.05, 0.1) is 52.9 Å². The summed E-state index contributed by atoms with van der Waals surface area (Å²) in [6, 6.07) is -3.16. The maximum atomic E-state index is 13.8. The molecule has 14 N–H and O–H groups in total. The van der Waals surface area contributed by atoms with Gasteiger partial charge in [-0.3, -0.25) is 61.2 Å². The normalized spacial score (nSPS) is 23.9. The van der Waals surface area contributed by atoms with E-state index in [4.69, 9.17) is 51.3 Å². The number of aliphatic hydroxyl groups is 9. The molecule has 17 unspecified atom stereocenters. The number of aliphatic hydroxyl groups excluding tert-OH is 9. The summed E-state index contributed by atoms with van der Waals surface area (Å²) in [4.78, 5) is 139. The molecule has 3 rings (SSSR count). The number of amides is 6. The minimum absolute atomic E-state index is 0.0148. The van der Waals surface area contributed by atoms with Gasteiger partial charge >= 0.3 is 15.6 Å². The smallest absolute Gasteiger partial charge is 0.394 e. The Morgan fingerprint density at radius 1 is 0.333 bits per heavy atom. The minimum Gasteiger partial charge on any atom is -0.394 e. The zero-order valence-corrected chi connectivity index (χ0v) is 73.5. The minimum atomic E-state index is -4.80. The lowest BCUT2D eigenvalue weighted by atomic mass is 9.97. The van der Waals surface area contributed by atoms with Gasteiger partial charge in [-0.25, -0.2) is 9.13 Å². The average molecular weight is 1770 g/mol. The van der Waals surface area contributed by atoms with Gasteiger partial charge < -0.3 is 120 Å². The highest BCUT2D eigenvalue weighted by molar-refractivity contribution is 7.47. The molecular formula is C79H146N6O33P2. The Balaban J connectivity index is 0.0000242. The third-order valence-electron chi connectivity index (χ3n) is 20.3. The Morgan fingerprint density at radius 3 is 0.783 bits per heavy atom. The summed E-state index contributed by atoms with van der Waals surface area (Å²) >= 11 is 0. The standard InChI is InChI=1S/C77H140N6O33P2.C2H6/c1-6-37-81(63(93)34-22-10-7-16-28-57(90)31-19-13-25-43-107-75-66(78-54(2)87)72(99)69(96)60(51-84)114-75)39-47-110-117(102,103)112-49-41-83(65(95)36-24-12-9-18-30-59(92)33-21-15-27-45-109-77-68(80-56(4)89)74(101)71(98)62(53-86)116-77)42-50-113-118(104,105)111-48-40-82(38-46-106-5)64(94)35-23-11-8-17-29-58(91)32-20-14-26-44-108-76-67(79-55(3)88)73(100)70(97)61(52-85)115-76;1-2/h60-62,66-77,84-86,96-101H,6-53H2,1-5H3,(H,78,87)(H,79,88)(H,80,89)(H,102,103)(H,104,105);1-2H3. The molecule has 17 atom stereocenters. The monoisotopic (exact) mass is 1770 g/mol. The van der Waals surface area contributed by atoms with Crippen LogP contribution in [-0.2, 0) is 104 Å². The van der Waals surface area contributed by atoms with E-state index in [1.807, 2.05) is 20.8 Å². The first-order valence-corrected chi connectivity index (χ1v) is 46.0. The number of hydrogen-bond donors (Lipinski definition) is 14. The molecule has 41 heteroatoms. The number of hydrogen-bond acceptors (Lipinski definition) is 31. The van der Waals surface area contributed by atoms with Gasteiger partial charge in [-0.1, -0.05) is 78.6 Å². The van der Waals surface area contributed by atoms with E-state index in [0.717, 1.165) is 0 Å². The summed E-state index contributed by atoms with van der Waals surface area (Å²) in [5.41, 5.74) is 0. The second kappa shape index (κ2) is 65.0. The molecule has 0 aromatic rings. The maximum Gasteiger partial charge on any atom is 0.472 e. The average Bonchev–Trinajstić information content (AvgIpc) is 0.818. The molecule has 3 heterocycles. The highest BCUT2D eigenvalue weighted by Gasteiger charge is 2.48. The van der Waals surface area contributed by atoms with Gasteiger partial charge in [-0.2, -0.15) is 0 Å². The van der Waals surface area contributed by atoms with Crippen LogP contribution in [0.5, 0.6) is 0 Å². The number of ketones is 3. The Labute approximate surface area is 707 Å². The third kappa shape index (κ3) is 47.1. The van der Waals surface area contributed by atoms with Crippen molar-refractivity contribution in [3.8, 4) is 0 Å². The number of phosphoric acid groups is 2. The fourth-order valence-electron chi connectivity index (χ4n) is 13.6. The molecule has 0 spiro atoms. The molecule has 0 saturated carbocycles. The molecule has 0 aromatic carbocycles.